The van der Waals surface area contributed by atoms with Gasteiger partial charge in [0.25, 0.3) is 0 Å². The van der Waals surface area contributed by atoms with Gasteiger partial charge in [-0.05, 0) is 23.5 Å². The van der Waals surface area contributed by atoms with Crippen LogP contribution in [0.15, 0.2) is 24.3 Å². The third kappa shape index (κ3) is 3.36. The Morgan fingerprint density at radius 2 is 2.00 bits per heavy atom. The lowest BCUT2D eigenvalue weighted by Crippen LogP contribution is -2.31. The van der Waals surface area contributed by atoms with E-state index in [4.69, 9.17) is 5.84 Å². The van der Waals surface area contributed by atoms with Gasteiger partial charge in [-0.15, -0.1) is 0 Å². The summed E-state index contributed by atoms with van der Waals surface area (Å²) in [6.07, 6.45) is 1.47. The first-order valence-electron chi connectivity index (χ1n) is 5.25. The molecular formula is C12H18N2O. The van der Waals surface area contributed by atoms with Crippen molar-refractivity contribution >= 4 is 5.91 Å². The van der Waals surface area contributed by atoms with E-state index in [-0.39, 0.29) is 5.91 Å². The van der Waals surface area contributed by atoms with Crippen molar-refractivity contribution in [1.82, 2.24) is 5.43 Å². The number of benzene rings is 1. The molecule has 0 aliphatic carbocycles. The average molecular weight is 206 g/mol. The number of rotatable bonds is 4. The molecule has 1 atom stereocenters. The summed E-state index contributed by atoms with van der Waals surface area (Å²) in [6, 6.07) is 8.12. The molecule has 82 valence electrons. The van der Waals surface area contributed by atoms with Crippen LogP contribution in [0.3, 0.4) is 0 Å². The van der Waals surface area contributed by atoms with Crippen molar-refractivity contribution in [3.8, 4) is 0 Å². The maximum Gasteiger partial charge on any atom is 0.238 e. The van der Waals surface area contributed by atoms with E-state index in [9.17, 15) is 4.79 Å². The van der Waals surface area contributed by atoms with Gasteiger partial charge in [-0.2, -0.15) is 0 Å². The molecule has 0 spiro atoms. The van der Waals surface area contributed by atoms with Gasteiger partial charge in [0.15, 0.2) is 0 Å². The lowest BCUT2D eigenvalue weighted by Gasteiger charge is -2.09. The van der Waals surface area contributed by atoms with Crippen LogP contribution >= 0.6 is 0 Å². The molecule has 3 nitrogen and oxygen atoms in total. The SMILES string of the molecule is CCC(C)c1ccc(CC(=O)NN)cc1. The van der Waals surface area contributed by atoms with E-state index in [1.807, 2.05) is 12.1 Å². The van der Waals surface area contributed by atoms with Crippen LogP contribution in [0.4, 0.5) is 0 Å². The van der Waals surface area contributed by atoms with E-state index >= 15 is 0 Å². The molecule has 0 aliphatic rings. The number of nitrogens with two attached hydrogens (primary N) is 1. The van der Waals surface area contributed by atoms with E-state index in [0.29, 0.717) is 12.3 Å². The maximum absolute atomic E-state index is 11.0. The lowest BCUT2D eigenvalue weighted by molar-refractivity contribution is -0.120. The minimum Gasteiger partial charge on any atom is -0.294 e. The predicted molar refractivity (Wildman–Crippen MR) is 61.2 cm³/mol. The molecule has 0 fully saturated rings. The van der Waals surface area contributed by atoms with Crippen LogP contribution in [-0.4, -0.2) is 5.91 Å². The summed E-state index contributed by atoms with van der Waals surface area (Å²) in [4.78, 5) is 11.0. The molecule has 15 heavy (non-hydrogen) atoms. The fraction of sp³-hybridized carbons (Fsp3) is 0.417. The van der Waals surface area contributed by atoms with Crippen molar-refractivity contribution in [2.45, 2.75) is 32.6 Å². The number of nitrogens with one attached hydrogen (secondary N) is 1. The molecule has 1 aromatic rings. The first-order chi connectivity index (χ1) is 7.17. The maximum atomic E-state index is 11.0. The van der Waals surface area contributed by atoms with E-state index < -0.39 is 0 Å². The zero-order chi connectivity index (χ0) is 11.3. The van der Waals surface area contributed by atoms with Crippen LogP contribution in [0.5, 0.6) is 0 Å². The van der Waals surface area contributed by atoms with Crippen molar-refractivity contribution < 1.29 is 4.79 Å². The Kier molecular flexibility index (Phi) is 4.31. The van der Waals surface area contributed by atoms with Gasteiger partial charge in [-0.1, -0.05) is 38.1 Å². The molecule has 1 rings (SSSR count). The van der Waals surface area contributed by atoms with E-state index in [2.05, 4.69) is 31.4 Å². The summed E-state index contributed by atoms with van der Waals surface area (Å²) in [5, 5.41) is 0. The summed E-state index contributed by atoms with van der Waals surface area (Å²) in [5.74, 6) is 5.43. The first-order valence-corrected chi connectivity index (χ1v) is 5.25. The fourth-order valence-corrected chi connectivity index (χ4v) is 1.44. The van der Waals surface area contributed by atoms with Crippen molar-refractivity contribution in [2.24, 2.45) is 5.84 Å². The van der Waals surface area contributed by atoms with Crippen molar-refractivity contribution in [1.29, 1.82) is 0 Å². The lowest BCUT2D eigenvalue weighted by atomic mass is 9.97. The fourth-order valence-electron chi connectivity index (χ4n) is 1.44. The monoisotopic (exact) mass is 206 g/mol. The quantitative estimate of drug-likeness (QED) is 0.448. The third-order valence-electron chi connectivity index (χ3n) is 2.69. The summed E-state index contributed by atoms with van der Waals surface area (Å²) in [5.41, 5.74) is 4.43. The Morgan fingerprint density at radius 3 is 2.47 bits per heavy atom. The number of hydrogen-bond acceptors (Lipinski definition) is 2. The van der Waals surface area contributed by atoms with Gasteiger partial charge in [0, 0.05) is 0 Å². The van der Waals surface area contributed by atoms with Crippen LogP contribution in [0.2, 0.25) is 0 Å². The molecule has 0 radical (unpaired) electrons. The number of carbonyl (C=O) groups is 1. The molecule has 0 heterocycles. The van der Waals surface area contributed by atoms with Gasteiger partial charge in [0.05, 0.1) is 6.42 Å². The van der Waals surface area contributed by atoms with Crippen LogP contribution in [0.1, 0.15) is 37.3 Å². The second-order valence-electron chi connectivity index (χ2n) is 3.80. The van der Waals surface area contributed by atoms with Crippen molar-refractivity contribution in [3.63, 3.8) is 0 Å². The Balaban J connectivity index is 2.68. The molecule has 1 unspecified atom stereocenters. The van der Waals surface area contributed by atoms with E-state index in [1.165, 1.54) is 5.56 Å². The van der Waals surface area contributed by atoms with Gasteiger partial charge >= 0.3 is 0 Å². The molecule has 0 saturated heterocycles. The molecule has 0 aliphatic heterocycles. The molecule has 3 heteroatoms. The Morgan fingerprint density at radius 1 is 1.40 bits per heavy atom. The van der Waals surface area contributed by atoms with E-state index in [0.717, 1.165) is 12.0 Å². The number of hydrazine groups is 1. The predicted octanol–water partition coefficient (Wildman–Crippen LogP) is 1.73. The summed E-state index contributed by atoms with van der Waals surface area (Å²) in [6.45, 7) is 4.36. The minimum atomic E-state index is -0.161. The largest absolute Gasteiger partial charge is 0.294 e. The normalized spacial score (nSPS) is 12.2. The van der Waals surface area contributed by atoms with Crippen LogP contribution in [0.25, 0.3) is 0 Å². The second-order valence-corrected chi connectivity index (χ2v) is 3.80. The second kappa shape index (κ2) is 5.51. The number of hydrogen-bond donors (Lipinski definition) is 2. The molecule has 0 aromatic heterocycles. The number of carbonyl (C=O) groups excluding carboxylic acids is 1. The van der Waals surface area contributed by atoms with Crippen LogP contribution in [-0.2, 0) is 11.2 Å². The van der Waals surface area contributed by atoms with Gasteiger partial charge in [0.2, 0.25) is 5.91 Å². The molecule has 0 saturated carbocycles. The zero-order valence-corrected chi connectivity index (χ0v) is 9.29. The van der Waals surface area contributed by atoms with Crippen molar-refractivity contribution in [3.05, 3.63) is 35.4 Å². The summed E-state index contributed by atoms with van der Waals surface area (Å²) >= 11 is 0. The highest BCUT2D eigenvalue weighted by atomic mass is 16.2. The third-order valence-corrected chi connectivity index (χ3v) is 2.69. The molecular weight excluding hydrogens is 188 g/mol. The van der Waals surface area contributed by atoms with Crippen LogP contribution in [0, 0.1) is 0 Å². The number of amides is 1. The Bertz CT molecular complexity index is 319. The van der Waals surface area contributed by atoms with Gasteiger partial charge < -0.3 is 0 Å². The highest BCUT2D eigenvalue weighted by Crippen LogP contribution is 2.18. The van der Waals surface area contributed by atoms with Crippen molar-refractivity contribution in [2.75, 3.05) is 0 Å². The topological polar surface area (TPSA) is 55.1 Å². The van der Waals surface area contributed by atoms with Gasteiger partial charge in [-0.3, -0.25) is 10.2 Å². The highest BCUT2D eigenvalue weighted by molar-refractivity contribution is 5.77. The smallest absolute Gasteiger partial charge is 0.238 e. The first kappa shape index (κ1) is 11.7. The van der Waals surface area contributed by atoms with Gasteiger partial charge in [-0.25, -0.2) is 5.84 Å². The zero-order valence-electron chi connectivity index (χ0n) is 9.29. The summed E-state index contributed by atoms with van der Waals surface area (Å²) in [7, 11) is 0. The minimum absolute atomic E-state index is 0.161. The van der Waals surface area contributed by atoms with Crippen LogP contribution < -0.4 is 11.3 Å². The van der Waals surface area contributed by atoms with Gasteiger partial charge in [0.1, 0.15) is 0 Å². The Labute approximate surface area is 90.6 Å². The standard InChI is InChI=1S/C12H18N2O/c1-3-9(2)11-6-4-10(5-7-11)8-12(15)14-13/h4-7,9H,3,8,13H2,1-2H3,(H,14,15). The van der Waals surface area contributed by atoms with E-state index in [1.54, 1.807) is 0 Å². The highest BCUT2D eigenvalue weighted by Gasteiger charge is 2.04. The Hall–Kier alpha value is -1.35. The molecule has 0 bridgehead atoms. The molecule has 1 amide bonds. The average Bonchev–Trinajstić information content (AvgIpc) is 2.29. The molecule has 1 aromatic carbocycles. The molecule has 3 N–H and O–H groups in total. The summed E-state index contributed by atoms with van der Waals surface area (Å²) < 4.78 is 0.